The number of nitrogens with zero attached hydrogens (tertiary/aromatic N) is 2. The van der Waals surface area contributed by atoms with Crippen LogP contribution >= 0.6 is 24.8 Å². The van der Waals surface area contributed by atoms with Crippen molar-refractivity contribution in [3.63, 3.8) is 0 Å². The minimum atomic E-state index is 0. The lowest BCUT2D eigenvalue weighted by Gasteiger charge is -2.21. The Morgan fingerprint density at radius 2 is 1.77 bits per heavy atom. The first kappa shape index (κ1) is 20.8. The summed E-state index contributed by atoms with van der Waals surface area (Å²) in [5.41, 5.74) is 3.80. The molecule has 0 saturated heterocycles. The molecule has 1 aromatic carbocycles. The lowest BCUT2D eigenvalue weighted by molar-refractivity contribution is 0.681. The summed E-state index contributed by atoms with van der Waals surface area (Å²) in [6.07, 6.45) is 4.58. The molecule has 2 N–H and O–H groups in total. The number of hydrogen-bond donors (Lipinski definition) is 2. The second-order valence-electron chi connectivity index (χ2n) is 4.84. The smallest absolute Gasteiger partial charge is 0.0921 e. The maximum atomic E-state index is 4.01. The monoisotopic (exact) mass is 344 g/mol. The quantitative estimate of drug-likeness (QED) is 0.721. The zero-order valence-electron chi connectivity index (χ0n) is 13.2. The van der Waals surface area contributed by atoms with Gasteiger partial charge in [-0.3, -0.25) is 0 Å². The predicted molar refractivity (Wildman–Crippen MR) is 98.5 cm³/mol. The molecule has 2 rings (SSSR count). The second-order valence-corrected chi connectivity index (χ2v) is 4.84. The third-order valence-corrected chi connectivity index (χ3v) is 3.52. The fraction of sp³-hybridized carbons (Fsp3) is 0.438. The summed E-state index contributed by atoms with van der Waals surface area (Å²) in [7, 11) is 0. The van der Waals surface area contributed by atoms with Gasteiger partial charge in [0, 0.05) is 50.2 Å². The number of aromatic amines is 1. The van der Waals surface area contributed by atoms with Crippen molar-refractivity contribution in [2.45, 2.75) is 26.8 Å². The Morgan fingerprint density at radius 1 is 1.09 bits per heavy atom. The van der Waals surface area contributed by atoms with Gasteiger partial charge in [-0.05, 0) is 31.5 Å². The summed E-state index contributed by atoms with van der Waals surface area (Å²) in [5.74, 6) is 0. The number of nitrogens with one attached hydrogen (secondary N) is 2. The molecule has 1 aromatic heterocycles. The summed E-state index contributed by atoms with van der Waals surface area (Å²) in [6.45, 7) is 8.35. The van der Waals surface area contributed by atoms with E-state index < -0.39 is 0 Å². The van der Waals surface area contributed by atoms with E-state index in [0.29, 0.717) is 0 Å². The average molecular weight is 345 g/mol. The van der Waals surface area contributed by atoms with Crippen molar-refractivity contribution in [2.24, 2.45) is 0 Å². The molecule has 0 saturated carbocycles. The van der Waals surface area contributed by atoms with Crippen LogP contribution in [0, 0.1) is 0 Å². The molecule has 0 amide bonds. The Bertz CT molecular complexity index is 481. The molecule has 0 aliphatic carbocycles. The Labute approximate surface area is 145 Å². The highest BCUT2D eigenvalue weighted by Gasteiger charge is 2.01. The van der Waals surface area contributed by atoms with Gasteiger partial charge in [0.15, 0.2) is 0 Å². The fourth-order valence-electron chi connectivity index (χ4n) is 2.29. The van der Waals surface area contributed by atoms with Gasteiger partial charge >= 0.3 is 0 Å². The minimum Gasteiger partial charge on any atom is -0.372 e. The zero-order valence-corrected chi connectivity index (χ0v) is 14.8. The van der Waals surface area contributed by atoms with Gasteiger partial charge in [0.2, 0.25) is 0 Å². The molecule has 124 valence electrons. The van der Waals surface area contributed by atoms with Crippen molar-refractivity contribution in [1.82, 2.24) is 15.3 Å². The number of benzene rings is 1. The van der Waals surface area contributed by atoms with Crippen LogP contribution in [0.2, 0.25) is 0 Å². The molecule has 0 spiro atoms. The van der Waals surface area contributed by atoms with Crippen LogP contribution in [-0.4, -0.2) is 29.6 Å². The van der Waals surface area contributed by atoms with E-state index in [2.05, 4.69) is 58.3 Å². The molecule has 6 heteroatoms. The van der Waals surface area contributed by atoms with Gasteiger partial charge in [-0.1, -0.05) is 12.1 Å². The maximum absolute atomic E-state index is 4.01. The molecule has 1 heterocycles. The molecule has 4 nitrogen and oxygen atoms in total. The first-order valence-corrected chi connectivity index (χ1v) is 7.35. The van der Waals surface area contributed by atoms with E-state index in [1.807, 2.05) is 6.20 Å². The summed E-state index contributed by atoms with van der Waals surface area (Å²) in [4.78, 5) is 9.48. The van der Waals surface area contributed by atoms with Crippen molar-refractivity contribution in [3.05, 3.63) is 48.0 Å². The SMILES string of the molecule is CCN(CC)c1ccc(CNCCc2cnc[nH]2)cc1.Cl.Cl. The molecular formula is C16H26Cl2N4. The van der Waals surface area contributed by atoms with E-state index in [9.17, 15) is 0 Å². The van der Waals surface area contributed by atoms with E-state index in [1.165, 1.54) is 16.9 Å². The minimum absolute atomic E-state index is 0. The van der Waals surface area contributed by atoms with Crippen LogP contribution in [0.4, 0.5) is 5.69 Å². The molecule has 0 aliphatic rings. The van der Waals surface area contributed by atoms with Crippen molar-refractivity contribution >= 4 is 30.5 Å². The van der Waals surface area contributed by atoms with E-state index >= 15 is 0 Å². The molecule has 0 aliphatic heterocycles. The van der Waals surface area contributed by atoms with Crippen molar-refractivity contribution < 1.29 is 0 Å². The maximum Gasteiger partial charge on any atom is 0.0921 e. The van der Waals surface area contributed by atoms with Gasteiger partial charge < -0.3 is 15.2 Å². The normalized spacial score (nSPS) is 9.73. The van der Waals surface area contributed by atoms with Crippen LogP contribution in [0.25, 0.3) is 0 Å². The standard InChI is InChI=1S/C16H24N4.2ClH/c1-3-20(4-2)16-7-5-14(6-8-16)11-17-10-9-15-12-18-13-19-15;;/h5-8,12-13,17H,3-4,9-11H2,1-2H3,(H,18,19);2*1H. The second kappa shape index (κ2) is 11.4. The number of halogens is 2. The van der Waals surface area contributed by atoms with Crippen LogP contribution in [0.15, 0.2) is 36.8 Å². The van der Waals surface area contributed by atoms with Gasteiger partial charge in [-0.15, -0.1) is 24.8 Å². The largest absolute Gasteiger partial charge is 0.372 e. The molecule has 22 heavy (non-hydrogen) atoms. The molecule has 0 bridgehead atoms. The van der Waals surface area contributed by atoms with Gasteiger partial charge in [-0.2, -0.15) is 0 Å². The number of imidazole rings is 1. The Balaban J connectivity index is 0.00000220. The number of H-pyrrole nitrogens is 1. The first-order chi connectivity index (χ1) is 9.83. The Hall–Kier alpha value is -1.23. The van der Waals surface area contributed by atoms with Crippen LogP contribution in [0.3, 0.4) is 0 Å². The molecule has 0 unspecified atom stereocenters. The Morgan fingerprint density at radius 3 is 2.32 bits per heavy atom. The number of hydrogen-bond acceptors (Lipinski definition) is 3. The number of aromatic nitrogens is 2. The van der Waals surface area contributed by atoms with E-state index in [0.717, 1.165) is 32.6 Å². The predicted octanol–water partition coefficient (Wildman–Crippen LogP) is 3.43. The lowest BCUT2D eigenvalue weighted by Crippen LogP contribution is -2.21. The molecule has 0 radical (unpaired) electrons. The van der Waals surface area contributed by atoms with Crippen molar-refractivity contribution in [2.75, 3.05) is 24.5 Å². The Kier molecular flexibility index (Phi) is 10.7. The number of rotatable bonds is 8. The summed E-state index contributed by atoms with van der Waals surface area (Å²) in [5, 5.41) is 3.46. The van der Waals surface area contributed by atoms with Gasteiger partial charge in [0.05, 0.1) is 6.33 Å². The summed E-state index contributed by atoms with van der Waals surface area (Å²) in [6, 6.07) is 8.82. The van der Waals surface area contributed by atoms with E-state index in [-0.39, 0.29) is 24.8 Å². The van der Waals surface area contributed by atoms with Gasteiger partial charge in [0.25, 0.3) is 0 Å². The van der Waals surface area contributed by atoms with Crippen molar-refractivity contribution in [3.8, 4) is 0 Å². The van der Waals surface area contributed by atoms with Crippen LogP contribution in [0.1, 0.15) is 25.1 Å². The lowest BCUT2D eigenvalue weighted by atomic mass is 10.2. The van der Waals surface area contributed by atoms with Crippen LogP contribution < -0.4 is 10.2 Å². The van der Waals surface area contributed by atoms with Gasteiger partial charge in [-0.25, -0.2) is 4.98 Å². The topological polar surface area (TPSA) is 44.0 Å². The van der Waals surface area contributed by atoms with E-state index in [1.54, 1.807) is 6.33 Å². The molecular weight excluding hydrogens is 319 g/mol. The van der Waals surface area contributed by atoms with Crippen molar-refractivity contribution in [1.29, 1.82) is 0 Å². The third kappa shape index (κ3) is 6.26. The molecule has 0 fully saturated rings. The summed E-state index contributed by atoms with van der Waals surface area (Å²) >= 11 is 0. The zero-order chi connectivity index (χ0) is 14.2. The highest BCUT2D eigenvalue weighted by Crippen LogP contribution is 2.14. The number of anilines is 1. The highest BCUT2D eigenvalue weighted by molar-refractivity contribution is 5.85. The fourth-order valence-corrected chi connectivity index (χ4v) is 2.29. The molecule has 2 aromatic rings. The third-order valence-electron chi connectivity index (χ3n) is 3.52. The highest BCUT2D eigenvalue weighted by atomic mass is 35.5. The average Bonchev–Trinajstić information content (AvgIpc) is 3.00. The van der Waals surface area contributed by atoms with E-state index in [4.69, 9.17) is 0 Å². The molecule has 0 atom stereocenters. The first-order valence-electron chi connectivity index (χ1n) is 7.35. The van der Waals surface area contributed by atoms with Gasteiger partial charge in [0.1, 0.15) is 0 Å². The summed E-state index contributed by atoms with van der Waals surface area (Å²) < 4.78 is 0. The van der Waals surface area contributed by atoms with Crippen LogP contribution in [0.5, 0.6) is 0 Å². The van der Waals surface area contributed by atoms with Crippen LogP contribution in [-0.2, 0) is 13.0 Å².